The van der Waals surface area contributed by atoms with Gasteiger partial charge < -0.3 is 14.8 Å². The number of rotatable bonds is 4. The fourth-order valence-corrected chi connectivity index (χ4v) is 1.46. The number of carbonyl (C=O) groups excluding carboxylic acids is 1. The Labute approximate surface area is 84.3 Å². The molecule has 1 heterocycles. The van der Waals surface area contributed by atoms with Gasteiger partial charge in [-0.25, -0.2) is 4.79 Å². The zero-order valence-electron chi connectivity index (χ0n) is 8.66. The molecule has 0 aromatic carbocycles. The van der Waals surface area contributed by atoms with E-state index in [1.807, 2.05) is 0 Å². The van der Waals surface area contributed by atoms with Crippen LogP contribution < -0.4 is 5.32 Å². The highest BCUT2D eigenvalue weighted by molar-refractivity contribution is 5.81. The Balaban J connectivity index is 2.14. The minimum atomic E-state index is -0.340. The van der Waals surface area contributed by atoms with Crippen LogP contribution in [0.1, 0.15) is 13.3 Å². The summed E-state index contributed by atoms with van der Waals surface area (Å²) in [4.78, 5) is 10.7. The lowest BCUT2D eigenvalue weighted by molar-refractivity contribution is -0.134. The number of ether oxygens (including phenoxy) is 2. The van der Waals surface area contributed by atoms with Crippen LogP contribution in [0.2, 0.25) is 0 Å². The van der Waals surface area contributed by atoms with Crippen molar-refractivity contribution in [2.24, 2.45) is 5.92 Å². The average molecular weight is 199 g/mol. The number of nitrogens with one attached hydrogen (secondary N) is 1. The Kier molecular flexibility index (Phi) is 4.46. The van der Waals surface area contributed by atoms with Crippen LogP contribution in [0.15, 0.2) is 12.3 Å². The Bertz CT molecular complexity index is 215. The molecule has 1 aliphatic heterocycles. The Hall–Kier alpha value is -1.03. The first-order valence-electron chi connectivity index (χ1n) is 4.83. The maximum Gasteiger partial charge on any atom is 0.331 e. The number of hydrogen-bond acceptors (Lipinski definition) is 4. The van der Waals surface area contributed by atoms with Crippen molar-refractivity contribution in [2.45, 2.75) is 19.4 Å². The minimum Gasteiger partial charge on any atom is -0.466 e. The Morgan fingerprint density at radius 2 is 2.50 bits per heavy atom. The van der Waals surface area contributed by atoms with Crippen molar-refractivity contribution in [1.82, 2.24) is 5.32 Å². The smallest absolute Gasteiger partial charge is 0.331 e. The van der Waals surface area contributed by atoms with Crippen molar-refractivity contribution < 1.29 is 14.3 Å². The van der Waals surface area contributed by atoms with E-state index < -0.39 is 0 Å². The highest BCUT2D eigenvalue weighted by Gasteiger charge is 2.23. The molecular weight excluding hydrogens is 182 g/mol. The molecule has 0 amide bonds. The van der Waals surface area contributed by atoms with Crippen molar-refractivity contribution >= 4 is 5.97 Å². The fourth-order valence-electron chi connectivity index (χ4n) is 1.46. The summed E-state index contributed by atoms with van der Waals surface area (Å²) >= 11 is 0. The molecule has 4 nitrogen and oxygen atoms in total. The van der Waals surface area contributed by atoms with Crippen LogP contribution in [0, 0.1) is 5.92 Å². The molecule has 1 fully saturated rings. The van der Waals surface area contributed by atoms with Gasteiger partial charge in [0.05, 0.1) is 13.2 Å². The van der Waals surface area contributed by atoms with Crippen LogP contribution in [0.4, 0.5) is 0 Å². The predicted octanol–water partition coefficient (Wildman–Crippen LogP) is 0.688. The normalized spacial score (nSPS) is 26.7. The molecule has 1 N–H and O–H groups in total. The first kappa shape index (κ1) is 11.0. The van der Waals surface area contributed by atoms with Crippen LogP contribution >= 0.6 is 0 Å². The molecule has 2 atom stereocenters. The van der Waals surface area contributed by atoms with E-state index in [1.54, 1.807) is 6.20 Å². The molecule has 80 valence electrons. The van der Waals surface area contributed by atoms with Gasteiger partial charge >= 0.3 is 5.97 Å². The third-order valence-corrected chi connectivity index (χ3v) is 2.45. The van der Waals surface area contributed by atoms with Gasteiger partial charge in [-0.1, -0.05) is 0 Å². The van der Waals surface area contributed by atoms with E-state index in [4.69, 9.17) is 4.74 Å². The third kappa shape index (κ3) is 3.38. The van der Waals surface area contributed by atoms with E-state index in [0.717, 1.165) is 19.6 Å². The molecule has 0 radical (unpaired) electrons. The molecule has 0 spiro atoms. The number of hydrogen-bond donors (Lipinski definition) is 1. The fraction of sp³-hybridized carbons (Fsp3) is 0.700. The summed E-state index contributed by atoms with van der Waals surface area (Å²) in [6.07, 6.45) is 4.39. The molecule has 1 aliphatic rings. The van der Waals surface area contributed by atoms with Crippen molar-refractivity contribution in [1.29, 1.82) is 0 Å². The summed E-state index contributed by atoms with van der Waals surface area (Å²) in [6, 6.07) is 0. The van der Waals surface area contributed by atoms with Gasteiger partial charge in [0.2, 0.25) is 0 Å². The molecule has 0 aromatic rings. The lowest BCUT2D eigenvalue weighted by Crippen LogP contribution is -2.23. The van der Waals surface area contributed by atoms with Crippen LogP contribution in [-0.2, 0) is 14.3 Å². The topological polar surface area (TPSA) is 47.6 Å². The van der Waals surface area contributed by atoms with Crippen LogP contribution in [0.5, 0.6) is 0 Å². The molecule has 0 aromatic heterocycles. The summed E-state index contributed by atoms with van der Waals surface area (Å²) in [5.41, 5.74) is 0. The van der Waals surface area contributed by atoms with Gasteiger partial charge in [0.15, 0.2) is 0 Å². The van der Waals surface area contributed by atoms with E-state index in [9.17, 15) is 4.79 Å². The summed E-state index contributed by atoms with van der Waals surface area (Å²) in [5, 5.41) is 3.06. The lowest BCUT2D eigenvalue weighted by atomic mass is 10.0. The average Bonchev–Trinajstić information content (AvgIpc) is 2.58. The number of carbonyl (C=O) groups is 1. The summed E-state index contributed by atoms with van der Waals surface area (Å²) < 4.78 is 9.86. The van der Waals surface area contributed by atoms with Gasteiger partial charge in [0.25, 0.3) is 0 Å². The van der Waals surface area contributed by atoms with E-state index in [-0.39, 0.29) is 5.97 Å². The molecule has 1 saturated heterocycles. The molecule has 2 unspecified atom stereocenters. The summed E-state index contributed by atoms with van der Waals surface area (Å²) in [5.74, 6) is 0.200. The van der Waals surface area contributed by atoms with Gasteiger partial charge in [-0.15, -0.1) is 0 Å². The van der Waals surface area contributed by atoms with Crippen LogP contribution in [0.3, 0.4) is 0 Å². The zero-order valence-corrected chi connectivity index (χ0v) is 8.66. The largest absolute Gasteiger partial charge is 0.466 e. The molecule has 0 bridgehead atoms. The van der Waals surface area contributed by atoms with E-state index >= 15 is 0 Å². The summed E-state index contributed by atoms with van der Waals surface area (Å²) in [6.45, 7) is 3.76. The first-order valence-corrected chi connectivity index (χ1v) is 4.83. The van der Waals surface area contributed by atoms with Gasteiger partial charge in [0.1, 0.15) is 0 Å². The lowest BCUT2D eigenvalue weighted by Gasteiger charge is -2.13. The molecule has 1 rings (SSSR count). The summed E-state index contributed by atoms with van der Waals surface area (Å²) in [7, 11) is 1.36. The van der Waals surface area contributed by atoms with E-state index in [0.29, 0.717) is 12.0 Å². The number of methoxy groups -OCH3 is 1. The first-order chi connectivity index (χ1) is 6.74. The van der Waals surface area contributed by atoms with Crippen molar-refractivity contribution in [3.63, 3.8) is 0 Å². The Morgan fingerprint density at radius 3 is 3.07 bits per heavy atom. The standard InChI is InChI=1S/C10H17NO3/c1-8-9(4-6-14-8)7-11-5-3-10(12)13-2/h3,5,8-9,11H,4,6-7H2,1-2H3/b5-3+. The maximum absolute atomic E-state index is 10.7. The highest BCUT2D eigenvalue weighted by atomic mass is 16.5. The third-order valence-electron chi connectivity index (χ3n) is 2.45. The molecule has 0 saturated carbocycles. The highest BCUT2D eigenvalue weighted by Crippen LogP contribution is 2.18. The zero-order chi connectivity index (χ0) is 10.4. The maximum atomic E-state index is 10.7. The van der Waals surface area contributed by atoms with Crippen LogP contribution in [0.25, 0.3) is 0 Å². The van der Waals surface area contributed by atoms with Crippen molar-refractivity contribution in [3.8, 4) is 0 Å². The molecule has 14 heavy (non-hydrogen) atoms. The minimum absolute atomic E-state index is 0.314. The Morgan fingerprint density at radius 1 is 1.71 bits per heavy atom. The predicted molar refractivity (Wildman–Crippen MR) is 52.7 cm³/mol. The number of esters is 1. The second kappa shape index (κ2) is 5.65. The second-order valence-corrected chi connectivity index (χ2v) is 3.39. The van der Waals surface area contributed by atoms with Gasteiger partial charge in [-0.05, 0) is 13.3 Å². The van der Waals surface area contributed by atoms with Crippen molar-refractivity contribution in [3.05, 3.63) is 12.3 Å². The monoisotopic (exact) mass is 199 g/mol. The second-order valence-electron chi connectivity index (χ2n) is 3.39. The van der Waals surface area contributed by atoms with Crippen molar-refractivity contribution in [2.75, 3.05) is 20.3 Å². The molecule has 4 heteroatoms. The molecular formula is C10H17NO3. The SMILES string of the molecule is COC(=O)/C=C/NCC1CCOC1C. The molecule has 0 aliphatic carbocycles. The quantitative estimate of drug-likeness (QED) is 0.534. The van der Waals surface area contributed by atoms with E-state index in [2.05, 4.69) is 17.0 Å². The van der Waals surface area contributed by atoms with E-state index in [1.165, 1.54) is 13.2 Å². The van der Waals surface area contributed by atoms with Gasteiger partial charge in [-0.3, -0.25) is 0 Å². The van der Waals surface area contributed by atoms with Gasteiger partial charge in [0, 0.05) is 31.3 Å². The van der Waals surface area contributed by atoms with Gasteiger partial charge in [-0.2, -0.15) is 0 Å². The van der Waals surface area contributed by atoms with Crippen LogP contribution in [-0.4, -0.2) is 32.3 Å².